The smallest absolute Gasteiger partial charge is 0.252 e. The molecule has 0 bridgehead atoms. The molecule has 0 spiro atoms. The van der Waals surface area contributed by atoms with Crippen molar-refractivity contribution in [2.75, 3.05) is 7.05 Å². The first kappa shape index (κ1) is 13.8. The summed E-state index contributed by atoms with van der Waals surface area (Å²) in [7, 11) is 1.57. The van der Waals surface area contributed by atoms with Crippen molar-refractivity contribution in [1.82, 2.24) is 10.6 Å². The third-order valence-electron chi connectivity index (χ3n) is 4.45. The van der Waals surface area contributed by atoms with E-state index < -0.39 is 6.04 Å². The van der Waals surface area contributed by atoms with Gasteiger partial charge >= 0.3 is 0 Å². The van der Waals surface area contributed by atoms with Crippen LogP contribution in [0.3, 0.4) is 0 Å². The van der Waals surface area contributed by atoms with E-state index in [4.69, 9.17) is 0 Å². The average Bonchev–Trinajstić information content (AvgIpc) is 3.06. The van der Waals surface area contributed by atoms with Gasteiger partial charge in [0.15, 0.2) is 0 Å². The van der Waals surface area contributed by atoms with Crippen LogP contribution in [0.5, 0.6) is 0 Å². The van der Waals surface area contributed by atoms with Crippen LogP contribution in [0.15, 0.2) is 76.9 Å². The van der Waals surface area contributed by atoms with E-state index >= 15 is 0 Å². The Kier molecular flexibility index (Phi) is 3.05. The number of allylic oxidation sites excluding steroid dienone is 6. The lowest BCUT2D eigenvalue weighted by Gasteiger charge is -2.18. The number of rotatable bonds is 4. The van der Waals surface area contributed by atoms with Crippen LogP contribution in [-0.4, -0.2) is 18.9 Å². The van der Waals surface area contributed by atoms with E-state index in [0.717, 1.165) is 11.1 Å². The molecule has 1 aromatic carbocycles. The van der Waals surface area contributed by atoms with E-state index in [1.54, 1.807) is 7.05 Å². The Morgan fingerprint density at radius 3 is 2.65 bits per heavy atom. The van der Waals surface area contributed by atoms with Crippen LogP contribution in [0, 0.1) is 5.92 Å². The highest BCUT2D eigenvalue weighted by molar-refractivity contribution is 6.04. The van der Waals surface area contributed by atoms with Crippen LogP contribution >= 0.6 is 0 Å². The molecule has 0 aliphatic heterocycles. The van der Waals surface area contributed by atoms with Crippen LogP contribution in [0.25, 0.3) is 0 Å². The molecular weight excluding hydrogens is 288 g/mol. The molecule has 2 N–H and O–H groups in total. The van der Waals surface area contributed by atoms with Gasteiger partial charge in [-0.25, -0.2) is 0 Å². The summed E-state index contributed by atoms with van der Waals surface area (Å²) in [6, 6.07) is 8.56. The van der Waals surface area contributed by atoms with Crippen molar-refractivity contribution >= 4 is 11.8 Å². The van der Waals surface area contributed by atoms with Crippen molar-refractivity contribution in [2.45, 2.75) is 6.04 Å². The Balaban J connectivity index is 1.56. The van der Waals surface area contributed by atoms with E-state index in [2.05, 4.69) is 22.8 Å². The van der Waals surface area contributed by atoms with Gasteiger partial charge in [-0.3, -0.25) is 9.59 Å². The highest BCUT2D eigenvalue weighted by Gasteiger charge is 2.39. The minimum atomic E-state index is -0.700. The maximum Gasteiger partial charge on any atom is 0.252 e. The molecule has 0 radical (unpaired) electrons. The number of likely N-dealkylation sites (N-methyl/N-ethyl adjacent to an activating group) is 1. The molecule has 1 aromatic rings. The van der Waals surface area contributed by atoms with Gasteiger partial charge in [-0.15, -0.1) is 0 Å². The summed E-state index contributed by atoms with van der Waals surface area (Å²) in [5.41, 5.74) is 4.88. The number of hydrogen-bond donors (Lipinski definition) is 2. The lowest BCUT2D eigenvalue weighted by molar-refractivity contribution is -0.127. The van der Waals surface area contributed by atoms with Gasteiger partial charge in [0.05, 0.1) is 0 Å². The fourth-order valence-electron chi connectivity index (χ4n) is 3.16. The Hall–Kier alpha value is -2.88. The van der Waals surface area contributed by atoms with Gasteiger partial charge in [-0.2, -0.15) is 0 Å². The second kappa shape index (κ2) is 5.09. The van der Waals surface area contributed by atoms with Gasteiger partial charge < -0.3 is 10.6 Å². The van der Waals surface area contributed by atoms with Crippen LogP contribution in [-0.2, 0) is 9.59 Å². The van der Waals surface area contributed by atoms with Gasteiger partial charge in [0.1, 0.15) is 6.04 Å². The molecule has 1 unspecified atom stereocenters. The molecule has 23 heavy (non-hydrogen) atoms. The van der Waals surface area contributed by atoms with E-state index in [9.17, 15) is 9.59 Å². The summed E-state index contributed by atoms with van der Waals surface area (Å²) < 4.78 is 0. The summed E-state index contributed by atoms with van der Waals surface area (Å²) in [4.78, 5) is 24.8. The Bertz CT molecular complexity index is 828. The van der Waals surface area contributed by atoms with Crippen molar-refractivity contribution in [2.24, 2.45) is 5.92 Å². The number of amides is 2. The predicted molar refractivity (Wildman–Crippen MR) is 87.2 cm³/mol. The maximum atomic E-state index is 12.7. The maximum absolute atomic E-state index is 12.7. The molecule has 0 saturated heterocycles. The van der Waals surface area contributed by atoms with Crippen LogP contribution in [0.4, 0.5) is 0 Å². The molecule has 2 amide bonds. The fraction of sp³-hybridized carbons (Fsp3) is 0.158. The molecule has 2 atom stereocenters. The van der Waals surface area contributed by atoms with Crippen molar-refractivity contribution in [1.29, 1.82) is 0 Å². The first-order chi connectivity index (χ1) is 11.2. The Morgan fingerprint density at radius 2 is 1.91 bits per heavy atom. The third kappa shape index (κ3) is 2.23. The minimum absolute atomic E-state index is 0.221. The van der Waals surface area contributed by atoms with Gasteiger partial charge in [-0.05, 0) is 34.4 Å². The Morgan fingerprint density at radius 1 is 1.13 bits per heavy atom. The SMILES string of the molecule is CNC(=O)[C@@H](NC(=O)C1=CC=C2C1=CC1=CC12)c1ccccc1. The molecule has 0 heterocycles. The van der Waals surface area contributed by atoms with Gasteiger partial charge in [-0.1, -0.05) is 42.5 Å². The van der Waals surface area contributed by atoms with E-state index in [1.165, 1.54) is 11.1 Å². The molecule has 3 aliphatic carbocycles. The van der Waals surface area contributed by atoms with E-state index in [0.29, 0.717) is 11.5 Å². The van der Waals surface area contributed by atoms with Gasteiger partial charge in [0.25, 0.3) is 5.91 Å². The molecular formula is C19H16N2O2. The number of carbonyl (C=O) groups is 2. The van der Waals surface area contributed by atoms with Crippen LogP contribution in [0.2, 0.25) is 0 Å². The minimum Gasteiger partial charge on any atom is -0.357 e. The molecule has 4 heteroatoms. The second-order valence-corrected chi connectivity index (χ2v) is 5.84. The molecule has 3 aliphatic rings. The summed E-state index contributed by atoms with van der Waals surface area (Å²) in [5, 5.41) is 5.47. The first-order valence-electron chi connectivity index (χ1n) is 7.62. The van der Waals surface area contributed by atoms with Crippen molar-refractivity contribution in [3.8, 4) is 0 Å². The number of benzene rings is 1. The van der Waals surface area contributed by atoms with Gasteiger partial charge in [0.2, 0.25) is 5.91 Å². The van der Waals surface area contributed by atoms with E-state index in [1.807, 2.05) is 42.5 Å². The zero-order valence-corrected chi connectivity index (χ0v) is 12.7. The lowest BCUT2D eigenvalue weighted by atomic mass is 10.0. The molecule has 4 nitrogen and oxygen atoms in total. The predicted octanol–water partition coefficient (Wildman–Crippen LogP) is 1.95. The van der Waals surface area contributed by atoms with Crippen molar-refractivity contribution in [3.05, 3.63) is 82.5 Å². The largest absolute Gasteiger partial charge is 0.357 e. The van der Waals surface area contributed by atoms with Crippen LogP contribution < -0.4 is 10.6 Å². The molecule has 4 rings (SSSR count). The van der Waals surface area contributed by atoms with Crippen molar-refractivity contribution in [3.63, 3.8) is 0 Å². The topological polar surface area (TPSA) is 58.2 Å². The summed E-state index contributed by atoms with van der Waals surface area (Å²) in [5.74, 6) is -0.0421. The summed E-state index contributed by atoms with van der Waals surface area (Å²) in [6.07, 6.45) is 8.08. The monoisotopic (exact) mass is 304 g/mol. The Labute approximate surface area is 134 Å². The normalized spacial score (nSPS) is 21.2. The zero-order valence-electron chi connectivity index (χ0n) is 12.7. The average molecular weight is 304 g/mol. The number of hydrogen-bond acceptors (Lipinski definition) is 2. The first-order valence-corrected chi connectivity index (χ1v) is 7.62. The number of nitrogens with one attached hydrogen (secondary N) is 2. The summed E-state index contributed by atoms with van der Waals surface area (Å²) in [6.45, 7) is 0. The fourth-order valence-corrected chi connectivity index (χ4v) is 3.16. The molecule has 114 valence electrons. The van der Waals surface area contributed by atoms with E-state index in [-0.39, 0.29) is 11.8 Å². The summed E-state index contributed by atoms with van der Waals surface area (Å²) >= 11 is 0. The number of fused-ring (bicyclic) bond motifs is 3. The molecule has 0 fully saturated rings. The highest BCUT2D eigenvalue weighted by atomic mass is 16.2. The highest BCUT2D eigenvalue weighted by Crippen LogP contribution is 2.51. The van der Waals surface area contributed by atoms with Crippen LogP contribution in [0.1, 0.15) is 11.6 Å². The number of carbonyl (C=O) groups excluding carboxylic acids is 2. The third-order valence-corrected chi connectivity index (χ3v) is 4.45. The quantitative estimate of drug-likeness (QED) is 0.893. The van der Waals surface area contributed by atoms with Crippen molar-refractivity contribution < 1.29 is 9.59 Å². The molecule has 0 aromatic heterocycles. The van der Waals surface area contributed by atoms with Gasteiger partial charge in [0, 0.05) is 18.5 Å². The zero-order chi connectivity index (χ0) is 16.0. The standard InChI is InChI=1S/C19H16N2O2/c1-20-19(23)17(11-5-3-2-4-6-11)21-18(22)14-8-7-13-15-9-12(15)10-16(13)14/h2-10,15,17H,1H3,(H,20,23)(H,21,22)/t15?,17-/m0/s1. The molecule has 0 saturated carbocycles. The second-order valence-electron chi connectivity index (χ2n) is 5.84. The lowest BCUT2D eigenvalue weighted by Crippen LogP contribution is -2.39.